The molecule has 1 heterocycles. The number of hydrogen-bond acceptors (Lipinski definition) is 3. The van der Waals surface area contributed by atoms with Gasteiger partial charge in [-0.05, 0) is 17.5 Å². The summed E-state index contributed by atoms with van der Waals surface area (Å²) in [5.74, 6) is -1.15. The van der Waals surface area contributed by atoms with E-state index >= 15 is 0 Å². The van der Waals surface area contributed by atoms with Gasteiger partial charge in [0.1, 0.15) is 5.70 Å². The van der Waals surface area contributed by atoms with Crippen LogP contribution in [0.15, 0.2) is 23.2 Å². The molecule has 4 nitrogen and oxygen atoms in total. The summed E-state index contributed by atoms with van der Waals surface area (Å²) in [5.41, 5.74) is -0.127. The number of carboxylic acid groups (broad SMARTS) is 1. The molecule has 0 atom stereocenters. The average Bonchev–Trinajstić information content (AvgIpc) is 2.56. The zero-order chi connectivity index (χ0) is 9.68. The van der Waals surface area contributed by atoms with Crippen LogP contribution in [0, 0.1) is 0 Å². The topological polar surface area (TPSA) is 66.4 Å². The standard InChI is InChI=1S/C8H7NO3S/c10-5-9-7(8(11)12)4-6-2-1-3-13-6/h1-5H,(H,9,10)(H,11,12)/b7-4-. The van der Waals surface area contributed by atoms with Crippen LogP contribution >= 0.6 is 11.3 Å². The van der Waals surface area contributed by atoms with E-state index in [9.17, 15) is 9.59 Å². The van der Waals surface area contributed by atoms with Gasteiger partial charge in [0, 0.05) is 4.88 Å². The molecule has 2 N–H and O–H groups in total. The Hall–Kier alpha value is -1.62. The third-order valence-electron chi connectivity index (χ3n) is 1.27. The molecule has 0 fully saturated rings. The van der Waals surface area contributed by atoms with E-state index in [1.165, 1.54) is 17.4 Å². The summed E-state index contributed by atoms with van der Waals surface area (Å²) in [5, 5.41) is 12.6. The lowest BCUT2D eigenvalue weighted by molar-refractivity contribution is -0.133. The second-order valence-corrected chi connectivity index (χ2v) is 3.12. The number of thiophene rings is 1. The molecule has 0 aromatic carbocycles. The van der Waals surface area contributed by atoms with Gasteiger partial charge < -0.3 is 10.4 Å². The van der Waals surface area contributed by atoms with Crippen molar-refractivity contribution in [2.75, 3.05) is 0 Å². The van der Waals surface area contributed by atoms with Crippen molar-refractivity contribution in [2.24, 2.45) is 0 Å². The van der Waals surface area contributed by atoms with Crippen molar-refractivity contribution in [3.63, 3.8) is 0 Å². The second-order valence-electron chi connectivity index (χ2n) is 2.14. The summed E-state index contributed by atoms with van der Waals surface area (Å²) in [6.45, 7) is 0. The molecule has 0 aliphatic rings. The quantitative estimate of drug-likeness (QED) is 0.557. The minimum Gasteiger partial charge on any atom is -0.477 e. The predicted molar refractivity (Wildman–Crippen MR) is 49.1 cm³/mol. The van der Waals surface area contributed by atoms with Crippen LogP contribution in [0.4, 0.5) is 0 Å². The smallest absolute Gasteiger partial charge is 0.352 e. The molecule has 0 unspecified atom stereocenters. The molecule has 1 rings (SSSR count). The van der Waals surface area contributed by atoms with Crippen LogP contribution in [-0.2, 0) is 9.59 Å². The fourth-order valence-corrected chi connectivity index (χ4v) is 1.40. The van der Waals surface area contributed by atoms with Crippen LogP contribution in [0.5, 0.6) is 0 Å². The van der Waals surface area contributed by atoms with E-state index in [0.717, 1.165) is 4.88 Å². The van der Waals surface area contributed by atoms with Gasteiger partial charge in [0.25, 0.3) is 0 Å². The van der Waals surface area contributed by atoms with Crippen molar-refractivity contribution in [1.29, 1.82) is 0 Å². The van der Waals surface area contributed by atoms with Crippen molar-refractivity contribution >= 4 is 29.8 Å². The van der Waals surface area contributed by atoms with Gasteiger partial charge in [-0.25, -0.2) is 4.79 Å². The highest BCUT2D eigenvalue weighted by molar-refractivity contribution is 7.10. The van der Waals surface area contributed by atoms with E-state index in [0.29, 0.717) is 6.41 Å². The molecule has 0 radical (unpaired) electrons. The van der Waals surface area contributed by atoms with Crippen LogP contribution in [0.1, 0.15) is 4.88 Å². The van der Waals surface area contributed by atoms with Crippen LogP contribution in [-0.4, -0.2) is 17.5 Å². The number of carboxylic acids is 1. The maximum absolute atomic E-state index is 10.5. The molecule has 0 spiro atoms. The molecule has 1 amide bonds. The van der Waals surface area contributed by atoms with Gasteiger partial charge >= 0.3 is 5.97 Å². The van der Waals surface area contributed by atoms with Gasteiger partial charge in [-0.2, -0.15) is 0 Å². The van der Waals surface area contributed by atoms with Gasteiger partial charge in [0.2, 0.25) is 6.41 Å². The van der Waals surface area contributed by atoms with E-state index < -0.39 is 5.97 Å². The molecule has 1 aromatic rings. The molecule has 0 bridgehead atoms. The third-order valence-corrected chi connectivity index (χ3v) is 2.09. The third kappa shape index (κ3) is 2.72. The van der Waals surface area contributed by atoms with Crippen LogP contribution in [0.2, 0.25) is 0 Å². The number of rotatable bonds is 4. The summed E-state index contributed by atoms with van der Waals surface area (Å²) >= 11 is 1.40. The summed E-state index contributed by atoms with van der Waals surface area (Å²) in [6, 6.07) is 3.57. The molecule has 0 saturated carbocycles. The van der Waals surface area contributed by atoms with E-state index in [2.05, 4.69) is 5.32 Å². The van der Waals surface area contributed by atoms with Gasteiger partial charge in [-0.3, -0.25) is 4.79 Å². The maximum Gasteiger partial charge on any atom is 0.352 e. The summed E-state index contributed by atoms with van der Waals surface area (Å²) in [7, 11) is 0. The zero-order valence-electron chi connectivity index (χ0n) is 6.56. The summed E-state index contributed by atoms with van der Waals surface area (Å²) in [4.78, 5) is 21.4. The molecule has 13 heavy (non-hydrogen) atoms. The van der Waals surface area contributed by atoms with Crippen molar-refractivity contribution in [3.05, 3.63) is 28.1 Å². The molecule has 0 aliphatic carbocycles. The number of carbonyl (C=O) groups excluding carboxylic acids is 1. The molecule has 0 aliphatic heterocycles. The normalized spacial score (nSPS) is 10.9. The first-order chi connectivity index (χ1) is 6.24. The lowest BCUT2D eigenvalue weighted by Gasteiger charge is -1.96. The van der Waals surface area contributed by atoms with Gasteiger partial charge in [0.15, 0.2) is 0 Å². The van der Waals surface area contributed by atoms with Crippen LogP contribution in [0.3, 0.4) is 0 Å². The fraction of sp³-hybridized carbons (Fsp3) is 0. The number of aliphatic carboxylic acids is 1. The van der Waals surface area contributed by atoms with Gasteiger partial charge in [-0.1, -0.05) is 6.07 Å². The molecule has 0 saturated heterocycles. The SMILES string of the molecule is O=CN/C(=C\c1cccs1)C(=O)O. The molecular formula is C8H7NO3S. The van der Waals surface area contributed by atoms with Gasteiger partial charge in [-0.15, -0.1) is 11.3 Å². The first-order valence-corrected chi connectivity index (χ1v) is 4.30. The fourth-order valence-electron chi connectivity index (χ4n) is 0.744. The van der Waals surface area contributed by atoms with E-state index in [4.69, 9.17) is 5.11 Å². The number of nitrogens with one attached hydrogen (secondary N) is 1. The summed E-state index contributed by atoms with van der Waals surface area (Å²) in [6.07, 6.45) is 1.74. The van der Waals surface area contributed by atoms with Crippen LogP contribution in [0.25, 0.3) is 6.08 Å². The molecule has 5 heteroatoms. The minimum atomic E-state index is -1.15. The lowest BCUT2D eigenvalue weighted by atomic mass is 10.3. The Bertz CT molecular complexity index is 329. The predicted octanol–water partition coefficient (Wildman–Crippen LogP) is 0.920. The Morgan fingerprint density at radius 1 is 1.62 bits per heavy atom. The summed E-state index contributed by atoms with van der Waals surface area (Å²) < 4.78 is 0. The lowest BCUT2D eigenvalue weighted by Crippen LogP contribution is -2.17. The first kappa shape index (κ1) is 9.47. The van der Waals surface area contributed by atoms with Gasteiger partial charge in [0.05, 0.1) is 0 Å². The number of amides is 1. The molecule has 68 valence electrons. The Morgan fingerprint density at radius 3 is 2.85 bits per heavy atom. The van der Waals surface area contributed by atoms with Crippen LogP contribution < -0.4 is 5.32 Å². The monoisotopic (exact) mass is 197 g/mol. The Morgan fingerprint density at radius 2 is 2.38 bits per heavy atom. The number of hydrogen-bond donors (Lipinski definition) is 2. The zero-order valence-corrected chi connectivity index (χ0v) is 7.38. The molecular weight excluding hydrogens is 190 g/mol. The first-order valence-electron chi connectivity index (χ1n) is 3.42. The average molecular weight is 197 g/mol. The Labute approximate surface area is 78.5 Å². The highest BCUT2D eigenvalue weighted by atomic mass is 32.1. The number of carbonyl (C=O) groups is 2. The largest absolute Gasteiger partial charge is 0.477 e. The highest BCUT2D eigenvalue weighted by Gasteiger charge is 2.05. The maximum atomic E-state index is 10.5. The van der Waals surface area contributed by atoms with Crippen molar-refractivity contribution in [2.45, 2.75) is 0 Å². The van der Waals surface area contributed by atoms with Crippen molar-refractivity contribution in [1.82, 2.24) is 5.32 Å². The van der Waals surface area contributed by atoms with Crippen molar-refractivity contribution < 1.29 is 14.7 Å². The minimum absolute atomic E-state index is 0.127. The second kappa shape index (κ2) is 4.42. The van der Waals surface area contributed by atoms with Crippen molar-refractivity contribution in [3.8, 4) is 0 Å². The highest BCUT2D eigenvalue weighted by Crippen LogP contribution is 2.12. The van der Waals surface area contributed by atoms with E-state index in [1.54, 1.807) is 12.1 Å². The van der Waals surface area contributed by atoms with E-state index in [1.807, 2.05) is 5.38 Å². The Kier molecular flexibility index (Phi) is 3.22. The molecule has 1 aromatic heterocycles. The van der Waals surface area contributed by atoms with E-state index in [-0.39, 0.29) is 5.70 Å². The Balaban J connectivity index is 2.86.